The summed E-state index contributed by atoms with van der Waals surface area (Å²) in [6.07, 6.45) is 0. The van der Waals surface area contributed by atoms with Crippen LogP contribution in [0.2, 0.25) is 8.67 Å². The highest BCUT2D eigenvalue weighted by Gasteiger charge is 2.21. The number of aromatic nitrogens is 2. The van der Waals surface area contributed by atoms with E-state index in [1.54, 1.807) is 29.2 Å². The van der Waals surface area contributed by atoms with Crippen LogP contribution < -0.4 is 5.56 Å². The maximum absolute atomic E-state index is 12.6. The number of nitrogens with one attached hydrogen (secondary N) is 1. The molecule has 124 valence electrons. The van der Waals surface area contributed by atoms with Crippen molar-refractivity contribution in [2.75, 3.05) is 6.54 Å². The summed E-state index contributed by atoms with van der Waals surface area (Å²) in [6, 6.07) is 8.62. The number of fused-ring (bicyclic) bond motifs is 1. The number of aromatic amines is 1. The number of rotatable bonds is 4. The zero-order valence-electron chi connectivity index (χ0n) is 12.7. The molecule has 0 aliphatic heterocycles. The van der Waals surface area contributed by atoms with E-state index in [1.807, 2.05) is 13.0 Å². The van der Waals surface area contributed by atoms with E-state index in [0.29, 0.717) is 37.5 Å². The number of H-pyrrole nitrogens is 1. The Morgan fingerprint density at radius 1 is 1.33 bits per heavy atom. The molecule has 0 fully saturated rings. The Labute approximate surface area is 151 Å². The van der Waals surface area contributed by atoms with Gasteiger partial charge in [-0.05, 0) is 25.1 Å². The molecule has 0 aliphatic rings. The highest BCUT2D eigenvalue weighted by molar-refractivity contribution is 7.20. The average molecular weight is 382 g/mol. The van der Waals surface area contributed by atoms with Crippen LogP contribution in [0.4, 0.5) is 0 Å². The van der Waals surface area contributed by atoms with E-state index in [1.165, 1.54) is 0 Å². The van der Waals surface area contributed by atoms with Crippen LogP contribution in [0.5, 0.6) is 0 Å². The van der Waals surface area contributed by atoms with E-state index < -0.39 is 0 Å². The van der Waals surface area contributed by atoms with Crippen LogP contribution in [-0.2, 0) is 6.54 Å². The van der Waals surface area contributed by atoms with E-state index in [0.717, 1.165) is 11.3 Å². The zero-order valence-corrected chi connectivity index (χ0v) is 15.0. The second-order valence-corrected chi connectivity index (χ2v) is 7.37. The number of para-hydroxylation sites is 1. The molecule has 0 atom stereocenters. The first-order valence-electron chi connectivity index (χ1n) is 7.21. The molecule has 24 heavy (non-hydrogen) atoms. The van der Waals surface area contributed by atoms with Gasteiger partial charge in [0, 0.05) is 6.54 Å². The fraction of sp³-hybridized carbons (Fsp3) is 0.188. The predicted octanol–water partition coefficient (Wildman–Crippen LogP) is 3.95. The first-order chi connectivity index (χ1) is 11.5. The first-order valence-corrected chi connectivity index (χ1v) is 8.79. The summed E-state index contributed by atoms with van der Waals surface area (Å²) in [5.74, 6) is 0.174. The number of nitrogens with zero attached hydrogens (tertiary/aromatic N) is 2. The molecule has 0 bridgehead atoms. The molecule has 2 aromatic heterocycles. The van der Waals surface area contributed by atoms with Gasteiger partial charge in [0.25, 0.3) is 11.5 Å². The van der Waals surface area contributed by atoms with Gasteiger partial charge in [0.05, 0.1) is 27.3 Å². The van der Waals surface area contributed by atoms with Crippen LogP contribution in [0.15, 0.2) is 35.1 Å². The van der Waals surface area contributed by atoms with Gasteiger partial charge in [-0.2, -0.15) is 0 Å². The molecule has 1 amide bonds. The van der Waals surface area contributed by atoms with Crippen molar-refractivity contribution in [2.24, 2.45) is 0 Å². The summed E-state index contributed by atoms with van der Waals surface area (Å²) in [6.45, 7) is 2.47. The molecule has 0 saturated heterocycles. The second-order valence-electron chi connectivity index (χ2n) is 5.09. The smallest absolute Gasteiger partial charge is 0.258 e. The normalized spacial score (nSPS) is 11.0. The SMILES string of the molecule is CCN(Cc1nc2ccccc2c(=O)[nH]1)C(=O)c1cc(Cl)sc1Cl. The average Bonchev–Trinajstić information content (AvgIpc) is 2.90. The van der Waals surface area contributed by atoms with Crippen LogP contribution in [-0.4, -0.2) is 27.3 Å². The monoisotopic (exact) mass is 381 g/mol. The molecule has 1 aromatic carbocycles. The third-order valence-corrected chi connectivity index (χ3v) is 5.05. The Hall–Kier alpha value is -1.89. The summed E-state index contributed by atoms with van der Waals surface area (Å²) >= 11 is 13.1. The van der Waals surface area contributed by atoms with Gasteiger partial charge in [-0.3, -0.25) is 9.59 Å². The molecular weight excluding hydrogens is 369 g/mol. The second kappa shape index (κ2) is 6.93. The number of benzene rings is 1. The lowest BCUT2D eigenvalue weighted by Crippen LogP contribution is -2.31. The lowest BCUT2D eigenvalue weighted by Gasteiger charge is -2.20. The number of carbonyl (C=O) groups is 1. The fourth-order valence-corrected chi connectivity index (χ4v) is 3.82. The Kier molecular flexibility index (Phi) is 4.89. The highest BCUT2D eigenvalue weighted by Crippen LogP contribution is 2.32. The van der Waals surface area contributed by atoms with Crippen molar-refractivity contribution < 1.29 is 4.79 Å². The van der Waals surface area contributed by atoms with Crippen molar-refractivity contribution in [3.05, 3.63) is 60.7 Å². The van der Waals surface area contributed by atoms with Gasteiger partial charge < -0.3 is 9.88 Å². The maximum Gasteiger partial charge on any atom is 0.258 e. The Bertz CT molecular complexity index is 967. The summed E-state index contributed by atoms with van der Waals surface area (Å²) in [4.78, 5) is 33.5. The predicted molar refractivity (Wildman–Crippen MR) is 97.1 cm³/mol. The molecule has 1 N–H and O–H groups in total. The van der Waals surface area contributed by atoms with Crippen molar-refractivity contribution in [2.45, 2.75) is 13.5 Å². The topological polar surface area (TPSA) is 66.1 Å². The number of amides is 1. The minimum atomic E-state index is -0.249. The number of halogens is 2. The van der Waals surface area contributed by atoms with Crippen molar-refractivity contribution >= 4 is 51.3 Å². The summed E-state index contributed by atoms with van der Waals surface area (Å²) in [5.41, 5.74) is 0.726. The van der Waals surface area contributed by atoms with E-state index in [4.69, 9.17) is 23.2 Å². The van der Waals surface area contributed by atoms with Gasteiger partial charge in [0.1, 0.15) is 10.2 Å². The third kappa shape index (κ3) is 3.31. The van der Waals surface area contributed by atoms with Gasteiger partial charge in [-0.25, -0.2) is 4.98 Å². The lowest BCUT2D eigenvalue weighted by atomic mass is 10.2. The Balaban J connectivity index is 1.92. The van der Waals surface area contributed by atoms with Crippen molar-refractivity contribution in [1.29, 1.82) is 0 Å². The summed E-state index contributed by atoms with van der Waals surface area (Å²) < 4.78 is 0.806. The van der Waals surface area contributed by atoms with Gasteiger partial charge in [0.15, 0.2) is 0 Å². The molecule has 0 saturated carbocycles. The third-order valence-electron chi connectivity index (χ3n) is 3.56. The van der Waals surface area contributed by atoms with Crippen LogP contribution in [0.25, 0.3) is 10.9 Å². The maximum atomic E-state index is 12.6. The first kappa shape index (κ1) is 17.0. The molecule has 8 heteroatoms. The molecule has 0 spiro atoms. The van der Waals surface area contributed by atoms with Crippen LogP contribution >= 0.6 is 34.5 Å². The van der Waals surface area contributed by atoms with E-state index in [-0.39, 0.29) is 18.0 Å². The molecule has 0 radical (unpaired) electrons. The quantitative estimate of drug-likeness (QED) is 0.743. The van der Waals surface area contributed by atoms with Gasteiger partial charge in [-0.1, -0.05) is 35.3 Å². The number of hydrogen-bond donors (Lipinski definition) is 1. The minimum absolute atomic E-state index is 0.180. The van der Waals surface area contributed by atoms with Crippen molar-refractivity contribution in [3.63, 3.8) is 0 Å². The molecule has 3 aromatic rings. The molecule has 3 rings (SSSR count). The Morgan fingerprint density at radius 3 is 2.75 bits per heavy atom. The van der Waals surface area contributed by atoms with Crippen LogP contribution in [0.3, 0.4) is 0 Å². The molecular formula is C16H13Cl2N3O2S. The molecule has 0 aliphatic carbocycles. The van der Waals surface area contributed by atoms with E-state index in [2.05, 4.69) is 9.97 Å². The molecule has 5 nitrogen and oxygen atoms in total. The molecule has 0 unspecified atom stereocenters. The number of hydrogen-bond acceptors (Lipinski definition) is 4. The van der Waals surface area contributed by atoms with Gasteiger partial charge in [-0.15, -0.1) is 11.3 Å². The van der Waals surface area contributed by atoms with E-state index >= 15 is 0 Å². The number of thiophene rings is 1. The summed E-state index contributed by atoms with van der Waals surface area (Å²) in [5, 5.41) is 0.517. The van der Waals surface area contributed by atoms with Crippen molar-refractivity contribution in [1.82, 2.24) is 14.9 Å². The molecule has 2 heterocycles. The van der Waals surface area contributed by atoms with Crippen LogP contribution in [0.1, 0.15) is 23.1 Å². The lowest BCUT2D eigenvalue weighted by molar-refractivity contribution is 0.0749. The summed E-state index contributed by atoms with van der Waals surface area (Å²) in [7, 11) is 0. The largest absolute Gasteiger partial charge is 0.331 e. The number of carbonyl (C=O) groups excluding carboxylic acids is 1. The Morgan fingerprint density at radius 2 is 2.08 bits per heavy atom. The fourth-order valence-electron chi connectivity index (χ4n) is 2.37. The zero-order chi connectivity index (χ0) is 17.3. The van der Waals surface area contributed by atoms with Crippen molar-refractivity contribution in [3.8, 4) is 0 Å². The highest BCUT2D eigenvalue weighted by atomic mass is 35.5. The van der Waals surface area contributed by atoms with Gasteiger partial charge >= 0.3 is 0 Å². The standard InChI is InChI=1S/C16H13Cl2N3O2S/c1-2-21(16(23)10-7-12(17)24-14(10)18)8-13-19-11-6-4-3-5-9(11)15(22)20-13/h3-7H,2,8H2,1H3,(H,19,20,22). The van der Waals surface area contributed by atoms with E-state index in [9.17, 15) is 9.59 Å². The minimum Gasteiger partial charge on any atom is -0.331 e. The van der Waals surface area contributed by atoms with Gasteiger partial charge in [0.2, 0.25) is 0 Å². The van der Waals surface area contributed by atoms with Crippen LogP contribution in [0, 0.1) is 0 Å².